The highest BCUT2D eigenvalue weighted by Gasteiger charge is 2.47. The van der Waals surface area contributed by atoms with Gasteiger partial charge in [-0.3, -0.25) is 0 Å². The zero-order chi connectivity index (χ0) is 16.4. The minimum Gasteiger partial charge on any atom is -0.387 e. The summed E-state index contributed by atoms with van der Waals surface area (Å²) in [5.41, 5.74) is -0.965. The number of ether oxygens (including phenoxy) is 3. The van der Waals surface area contributed by atoms with Crippen LogP contribution in [-0.2, 0) is 14.2 Å². The maximum atomic E-state index is 10.4. The Kier molecular flexibility index (Phi) is 6.60. The van der Waals surface area contributed by atoms with Crippen molar-refractivity contribution in [3.8, 4) is 0 Å². The predicted molar refractivity (Wildman–Crippen MR) is 84.4 cm³/mol. The SMILES string of the molecule is [B]SCC1OC(OC(C)(C)C)C(O)C(O)C1OC(C)(C)C. The number of aliphatic hydroxyl groups excluding tert-OH is 2. The van der Waals surface area contributed by atoms with E-state index in [2.05, 4.69) is 0 Å². The van der Waals surface area contributed by atoms with Crippen LogP contribution < -0.4 is 0 Å². The van der Waals surface area contributed by atoms with E-state index in [-0.39, 0.29) is 0 Å². The van der Waals surface area contributed by atoms with Crippen LogP contribution in [0.1, 0.15) is 41.5 Å². The normalized spacial score (nSPS) is 35.0. The van der Waals surface area contributed by atoms with Gasteiger partial charge in [0.15, 0.2) is 13.4 Å². The topological polar surface area (TPSA) is 68.2 Å². The largest absolute Gasteiger partial charge is 0.387 e. The molecular formula is C14H27BO5S. The van der Waals surface area contributed by atoms with Gasteiger partial charge in [-0.2, -0.15) is 0 Å². The van der Waals surface area contributed by atoms with Crippen molar-refractivity contribution in [1.82, 2.24) is 0 Å². The van der Waals surface area contributed by atoms with Gasteiger partial charge in [-0.15, -0.1) is 0 Å². The van der Waals surface area contributed by atoms with Crippen molar-refractivity contribution in [1.29, 1.82) is 0 Å². The van der Waals surface area contributed by atoms with Crippen LogP contribution in [0.15, 0.2) is 0 Å². The second kappa shape index (κ2) is 7.19. The molecule has 2 radical (unpaired) electrons. The molecule has 7 heteroatoms. The Labute approximate surface area is 133 Å². The molecule has 0 aromatic rings. The summed E-state index contributed by atoms with van der Waals surface area (Å²) in [6.45, 7) is 11.2. The monoisotopic (exact) mass is 318 g/mol. The molecule has 0 aromatic carbocycles. The Hall–Kier alpha value is 0.215. The van der Waals surface area contributed by atoms with Crippen LogP contribution in [0, 0.1) is 0 Å². The first-order valence-corrected chi connectivity index (χ1v) is 8.18. The lowest BCUT2D eigenvalue weighted by molar-refractivity contribution is -0.326. The Morgan fingerprint density at radius 2 is 1.52 bits per heavy atom. The smallest absolute Gasteiger partial charge is 0.187 e. The second-order valence-corrected chi connectivity index (χ2v) is 7.95. The summed E-state index contributed by atoms with van der Waals surface area (Å²) in [5, 5.41) is 20.6. The molecule has 1 fully saturated rings. The van der Waals surface area contributed by atoms with Gasteiger partial charge in [0.1, 0.15) is 18.3 Å². The molecule has 1 saturated heterocycles. The van der Waals surface area contributed by atoms with Gasteiger partial charge in [-0.25, -0.2) is 11.6 Å². The van der Waals surface area contributed by atoms with Crippen LogP contribution >= 0.6 is 11.6 Å². The molecule has 21 heavy (non-hydrogen) atoms. The molecule has 0 spiro atoms. The van der Waals surface area contributed by atoms with Gasteiger partial charge in [-0.05, 0) is 41.5 Å². The van der Waals surface area contributed by atoms with Gasteiger partial charge >= 0.3 is 0 Å². The molecule has 122 valence electrons. The zero-order valence-electron chi connectivity index (χ0n) is 13.7. The van der Waals surface area contributed by atoms with Crippen molar-refractivity contribution in [3.63, 3.8) is 0 Å². The lowest BCUT2D eigenvalue weighted by Crippen LogP contribution is -2.61. The molecule has 0 saturated carbocycles. The number of rotatable bonds is 4. The molecule has 1 heterocycles. The van der Waals surface area contributed by atoms with E-state index in [1.807, 2.05) is 41.5 Å². The first kappa shape index (κ1) is 19.3. The molecule has 5 nitrogen and oxygen atoms in total. The lowest BCUT2D eigenvalue weighted by atomic mass is 9.98. The molecule has 5 atom stereocenters. The third-order valence-corrected chi connectivity index (χ3v) is 3.38. The van der Waals surface area contributed by atoms with Crippen molar-refractivity contribution in [3.05, 3.63) is 0 Å². The van der Waals surface area contributed by atoms with Crippen molar-refractivity contribution >= 4 is 18.7 Å². The average Bonchev–Trinajstić information content (AvgIpc) is 2.28. The van der Waals surface area contributed by atoms with Crippen molar-refractivity contribution < 1.29 is 24.4 Å². The van der Waals surface area contributed by atoms with Gasteiger partial charge in [0.2, 0.25) is 0 Å². The summed E-state index contributed by atoms with van der Waals surface area (Å²) in [6.07, 6.45) is -4.28. The van der Waals surface area contributed by atoms with Gasteiger partial charge < -0.3 is 24.4 Å². The quantitative estimate of drug-likeness (QED) is 0.761. The van der Waals surface area contributed by atoms with Crippen LogP contribution in [-0.4, -0.2) is 65.0 Å². The fourth-order valence-corrected chi connectivity index (χ4v) is 2.59. The maximum absolute atomic E-state index is 10.4. The minimum absolute atomic E-state index is 0.439. The van der Waals surface area contributed by atoms with Crippen LogP contribution in [0.2, 0.25) is 0 Å². The van der Waals surface area contributed by atoms with Crippen LogP contribution in [0.4, 0.5) is 0 Å². The summed E-state index contributed by atoms with van der Waals surface area (Å²) >= 11 is 1.11. The van der Waals surface area contributed by atoms with E-state index in [4.69, 9.17) is 21.3 Å². The average molecular weight is 318 g/mol. The molecular weight excluding hydrogens is 291 g/mol. The van der Waals surface area contributed by atoms with E-state index in [0.717, 1.165) is 11.6 Å². The minimum atomic E-state index is -1.17. The number of hydrogen-bond acceptors (Lipinski definition) is 6. The molecule has 2 N–H and O–H groups in total. The van der Waals surface area contributed by atoms with Gasteiger partial charge in [0.05, 0.1) is 17.3 Å². The molecule has 5 unspecified atom stereocenters. The van der Waals surface area contributed by atoms with E-state index in [1.165, 1.54) is 0 Å². The standard InChI is InChI=1S/C14H27BO5S/c1-13(2,3)19-11-8(7-21-15)18-12(10(17)9(11)16)20-14(4,5)6/h8-12,16-17H,7H2,1-6H3. The summed E-state index contributed by atoms with van der Waals surface area (Å²) < 4.78 is 17.3. The third kappa shape index (κ3) is 6.08. The molecule has 0 amide bonds. The first-order valence-electron chi connectivity index (χ1n) is 7.13. The number of hydrogen-bond donors (Lipinski definition) is 2. The molecule has 0 aliphatic carbocycles. The van der Waals surface area contributed by atoms with Crippen LogP contribution in [0.5, 0.6) is 0 Å². The first-order chi connectivity index (χ1) is 9.44. The number of aliphatic hydroxyl groups is 2. The zero-order valence-corrected chi connectivity index (χ0v) is 14.5. The highest BCUT2D eigenvalue weighted by Crippen LogP contribution is 2.30. The molecule has 0 aromatic heterocycles. The van der Waals surface area contributed by atoms with E-state index in [0.29, 0.717) is 5.75 Å². The molecule has 1 aliphatic rings. The Morgan fingerprint density at radius 1 is 1.00 bits per heavy atom. The van der Waals surface area contributed by atoms with Gasteiger partial charge in [0, 0.05) is 5.75 Å². The summed E-state index contributed by atoms with van der Waals surface area (Å²) in [4.78, 5) is 0. The van der Waals surface area contributed by atoms with Crippen LogP contribution in [0.25, 0.3) is 0 Å². The Balaban J connectivity index is 2.88. The fraction of sp³-hybridized carbons (Fsp3) is 1.00. The third-order valence-electron chi connectivity index (χ3n) is 2.86. The van der Waals surface area contributed by atoms with Crippen molar-refractivity contribution in [2.45, 2.75) is 83.5 Å². The molecule has 1 rings (SSSR count). The highest BCUT2D eigenvalue weighted by atomic mass is 32.2. The van der Waals surface area contributed by atoms with E-state index in [9.17, 15) is 10.2 Å². The summed E-state index contributed by atoms with van der Waals surface area (Å²) in [6, 6.07) is 0. The Bertz CT molecular complexity index is 328. The predicted octanol–water partition coefficient (Wildman–Crippen LogP) is 1.25. The lowest BCUT2D eigenvalue weighted by Gasteiger charge is -2.45. The van der Waals surface area contributed by atoms with E-state index < -0.39 is 41.9 Å². The molecule has 1 aliphatic heterocycles. The Morgan fingerprint density at radius 3 is 1.95 bits per heavy atom. The van der Waals surface area contributed by atoms with Crippen molar-refractivity contribution in [2.75, 3.05) is 5.75 Å². The van der Waals surface area contributed by atoms with Gasteiger partial charge in [0.25, 0.3) is 0 Å². The summed E-state index contributed by atoms with van der Waals surface area (Å²) in [7, 11) is 5.53. The second-order valence-electron chi connectivity index (χ2n) is 7.28. The fourth-order valence-electron chi connectivity index (χ4n) is 2.13. The van der Waals surface area contributed by atoms with E-state index >= 15 is 0 Å². The van der Waals surface area contributed by atoms with Crippen molar-refractivity contribution in [2.24, 2.45) is 0 Å². The van der Waals surface area contributed by atoms with E-state index in [1.54, 1.807) is 0 Å². The summed E-state index contributed by atoms with van der Waals surface area (Å²) in [5.74, 6) is 0.439. The van der Waals surface area contributed by atoms with Gasteiger partial charge in [-0.1, -0.05) is 0 Å². The molecule has 0 bridgehead atoms. The highest BCUT2D eigenvalue weighted by molar-refractivity contribution is 8.19. The van der Waals surface area contributed by atoms with Crippen LogP contribution in [0.3, 0.4) is 0 Å². The maximum Gasteiger partial charge on any atom is 0.187 e.